The van der Waals surface area contributed by atoms with Crippen molar-refractivity contribution >= 4 is 61.9 Å². The number of rotatable bonds is 4. The molecule has 9 heteroatoms. The summed E-state index contributed by atoms with van der Waals surface area (Å²) in [7, 11) is 0. The summed E-state index contributed by atoms with van der Waals surface area (Å²) in [5.74, 6) is 0.876. The van der Waals surface area contributed by atoms with E-state index in [2.05, 4.69) is 25.3 Å². The third-order valence-electron chi connectivity index (χ3n) is 4.01. The van der Waals surface area contributed by atoms with Crippen LogP contribution in [-0.4, -0.2) is 19.5 Å². The molecule has 0 atom stereocenters. The Morgan fingerprint density at radius 2 is 2.00 bits per heavy atom. The highest BCUT2D eigenvalue weighted by molar-refractivity contribution is 9.12. The Bertz CT molecular complexity index is 1230. The van der Waals surface area contributed by atoms with Gasteiger partial charge in [-0.25, -0.2) is 4.40 Å². The smallest absolute Gasteiger partial charge is 0.283 e. The average Bonchev–Trinajstić information content (AvgIpc) is 3.10. The molecule has 3 aromatic rings. The van der Waals surface area contributed by atoms with E-state index in [-0.39, 0.29) is 17.2 Å². The van der Waals surface area contributed by atoms with Crippen molar-refractivity contribution in [1.29, 1.82) is 0 Å². The summed E-state index contributed by atoms with van der Waals surface area (Å²) in [6.07, 6.45) is 6.35. The number of fused-ring (bicyclic) bond motifs is 1. The molecule has 0 fully saturated rings. The van der Waals surface area contributed by atoms with Crippen LogP contribution in [0.25, 0.3) is 11.0 Å². The van der Waals surface area contributed by atoms with Crippen LogP contribution < -0.4 is 11.3 Å². The molecule has 140 valence electrons. The quantitative estimate of drug-likeness (QED) is 0.580. The number of aromatic nitrogens is 3. The predicted molar refractivity (Wildman–Crippen MR) is 117 cm³/mol. The molecular formula is C19H13BrN4O2S2. The molecule has 2 N–H and O–H groups in total. The predicted octanol–water partition coefficient (Wildman–Crippen LogP) is 3.83. The number of nitrogen functional groups attached to an aromatic ring is 1. The van der Waals surface area contributed by atoms with Crippen molar-refractivity contribution in [2.75, 3.05) is 5.73 Å². The lowest BCUT2D eigenvalue weighted by atomic mass is 10.1. The van der Waals surface area contributed by atoms with Crippen LogP contribution in [0, 0.1) is 0 Å². The van der Waals surface area contributed by atoms with Gasteiger partial charge in [0.05, 0.1) is 10.0 Å². The zero-order valence-electron chi connectivity index (χ0n) is 14.3. The van der Waals surface area contributed by atoms with Gasteiger partial charge in [0, 0.05) is 17.3 Å². The number of benzene rings is 1. The fourth-order valence-corrected chi connectivity index (χ4v) is 4.83. The van der Waals surface area contributed by atoms with Gasteiger partial charge in [0.1, 0.15) is 5.82 Å². The van der Waals surface area contributed by atoms with Gasteiger partial charge in [-0.15, -0.1) is 0 Å². The van der Waals surface area contributed by atoms with E-state index < -0.39 is 5.56 Å². The van der Waals surface area contributed by atoms with Crippen molar-refractivity contribution in [3.8, 4) is 0 Å². The third kappa shape index (κ3) is 3.73. The third-order valence-corrected chi connectivity index (χ3v) is 6.46. The highest BCUT2D eigenvalue weighted by Crippen LogP contribution is 2.28. The molecular weight excluding hydrogens is 460 g/mol. The Hall–Kier alpha value is -2.49. The first-order valence-electron chi connectivity index (χ1n) is 8.19. The van der Waals surface area contributed by atoms with Gasteiger partial charge in [0.2, 0.25) is 4.96 Å². The number of nitrogens with two attached hydrogens (primary N) is 1. The summed E-state index contributed by atoms with van der Waals surface area (Å²) in [5, 5.41) is 0.680. The van der Waals surface area contributed by atoms with Crippen LogP contribution in [0.3, 0.4) is 0 Å². The van der Waals surface area contributed by atoms with E-state index in [0.717, 1.165) is 22.8 Å². The van der Waals surface area contributed by atoms with Crippen molar-refractivity contribution in [2.24, 2.45) is 0 Å². The van der Waals surface area contributed by atoms with Crippen molar-refractivity contribution < 1.29 is 4.79 Å². The summed E-state index contributed by atoms with van der Waals surface area (Å²) in [4.78, 5) is 28.6. The van der Waals surface area contributed by atoms with Crippen LogP contribution in [0.5, 0.6) is 0 Å². The molecule has 28 heavy (non-hydrogen) atoms. The van der Waals surface area contributed by atoms with Crippen LogP contribution in [0.4, 0.5) is 5.82 Å². The minimum Gasteiger partial charge on any atom is -0.384 e. The average molecular weight is 473 g/mol. The lowest BCUT2D eigenvalue weighted by molar-refractivity contribution is -0.110. The molecule has 0 bridgehead atoms. The van der Waals surface area contributed by atoms with Gasteiger partial charge < -0.3 is 5.73 Å². The standard InChI is InChI=1S/C19H13BrN4O2S2/c20-14-9-12(6-7-15(14)25)8-13-16(21)24-18(22-17(13)26)28-23-19(24)27-10-11-4-2-1-3-5-11/h1-9H,10,21H2. The number of thioether (sulfide) groups is 1. The van der Waals surface area contributed by atoms with Gasteiger partial charge in [-0.3, -0.25) is 9.59 Å². The van der Waals surface area contributed by atoms with Crippen LogP contribution in [-0.2, 0) is 10.5 Å². The van der Waals surface area contributed by atoms with Crippen LogP contribution in [0.2, 0.25) is 0 Å². The fraction of sp³-hybridized carbons (Fsp3) is 0.0526. The van der Waals surface area contributed by atoms with Crippen LogP contribution in [0.1, 0.15) is 11.1 Å². The molecule has 4 rings (SSSR count). The van der Waals surface area contributed by atoms with Crippen molar-refractivity contribution in [3.63, 3.8) is 0 Å². The Labute approximate surface area is 176 Å². The maximum absolute atomic E-state index is 12.5. The molecule has 6 nitrogen and oxygen atoms in total. The lowest BCUT2D eigenvalue weighted by Crippen LogP contribution is -2.16. The second-order valence-corrected chi connectivity index (χ2v) is 8.43. The first-order valence-corrected chi connectivity index (χ1v) is 10.7. The molecule has 0 spiro atoms. The molecule has 0 radical (unpaired) electrons. The number of hydrogen-bond acceptors (Lipinski definition) is 7. The summed E-state index contributed by atoms with van der Waals surface area (Å²) >= 11 is 5.87. The minimum atomic E-state index is -0.428. The molecule has 0 saturated heterocycles. The second kappa shape index (κ2) is 7.86. The molecule has 1 aromatic carbocycles. The van der Waals surface area contributed by atoms with Gasteiger partial charge in [-0.1, -0.05) is 48.2 Å². The highest BCUT2D eigenvalue weighted by atomic mass is 79.9. The molecule has 1 aliphatic carbocycles. The SMILES string of the molecule is Nc1c(C=C2C=CC(=O)C(Br)=C2)c(=O)nc2snc(SCc3ccccc3)n12. The summed E-state index contributed by atoms with van der Waals surface area (Å²) in [6, 6.07) is 10.0. The maximum Gasteiger partial charge on any atom is 0.283 e. The van der Waals surface area contributed by atoms with Crippen molar-refractivity contribution in [2.45, 2.75) is 10.9 Å². The molecule has 0 amide bonds. The Morgan fingerprint density at radius 3 is 2.75 bits per heavy atom. The van der Waals surface area contributed by atoms with E-state index in [4.69, 9.17) is 5.73 Å². The van der Waals surface area contributed by atoms with Gasteiger partial charge in [-0.2, -0.15) is 9.36 Å². The van der Waals surface area contributed by atoms with E-state index in [9.17, 15) is 9.59 Å². The van der Waals surface area contributed by atoms with Crippen molar-refractivity contribution in [3.05, 3.63) is 80.1 Å². The lowest BCUT2D eigenvalue weighted by Gasteiger charge is -2.08. The molecule has 2 aromatic heterocycles. The van der Waals surface area contributed by atoms with Crippen LogP contribution >= 0.6 is 39.2 Å². The topological polar surface area (TPSA) is 90.4 Å². The fourth-order valence-electron chi connectivity index (χ4n) is 2.62. The molecule has 0 aliphatic heterocycles. The van der Waals surface area contributed by atoms with E-state index in [0.29, 0.717) is 20.2 Å². The number of anilines is 1. The molecule has 1 aliphatic rings. The zero-order chi connectivity index (χ0) is 19.7. The van der Waals surface area contributed by atoms with Gasteiger partial charge >= 0.3 is 0 Å². The largest absolute Gasteiger partial charge is 0.384 e. The molecule has 0 saturated carbocycles. The first kappa shape index (κ1) is 18.9. The van der Waals surface area contributed by atoms with Gasteiger partial charge in [-0.05, 0) is 45.3 Å². The van der Waals surface area contributed by atoms with Crippen LogP contribution in [0.15, 0.2) is 68.6 Å². The number of hydrogen-bond donors (Lipinski definition) is 1. The van der Waals surface area contributed by atoms with Crippen molar-refractivity contribution in [1.82, 2.24) is 13.8 Å². The number of carbonyl (C=O) groups excluding carboxylic acids is 1. The summed E-state index contributed by atoms with van der Waals surface area (Å²) in [5.41, 5.74) is 8.00. The number of halogens is 1. The van der Waals surface area contributed by atoms with E-state index >= 15 is 0 Å². The number of ketones is 1. The normalized spacial score (nSPS) is 15.4. The number of nitrogens with zero attached hydrogens (tertiary/aromatic N) is 3. The Kier molecular flexibility index (Phi) is 5.29. The minimum absolute atomic E-state index is 0.128. The second-order valence-electron chi connectivity index (χ2n) is 5.91. The Balaban J connectivity index is 1.74. The molecule has 2 heterocycles. The molecule has 0 unspecified atom stereocenters. The monoisotopic (exact) mass is 472 g/mol. The Morgan fingerprint density at radius 1 is 1.21 bits per heavy atom. The number of carbonyl (C=O) groups is 1. The summed E-state index contributed by atoms with van der Waals surface area (Å²) in [6.45, 7) is 0. The van der Waals surface area contributed by atoms with E-state index in [1.54, 1.807) is 22.6 Å². The van der Waals surface area contributed by atoms with E-state index in [1.807, 2.05) is 30.3 Å². The first-order chi connectivity index (χ1) is 13.5. The van der Waals surface area contributed by atoms with Gasteiger partial charge in [0.25, 0.3) is 5.56 Å². The maximum atomic E-state index is 12.5. The highest BCUT2D eigenvalue weighted by Gasteiger charge is 2.16. The van der Waals surface area contributed by atoms with Gasteiger partial charge in [0.15, 0.2) is 10.9 Å². The van der Waals surface area contributed by atoms with E-state index in [1.165, 1.54) is 17.8 Å². The number of allylic oxidation sites excluding steroid dienone is 5. The summed E-state index contributed by atoms with van der Waals surface area (Å²) < 4.78 is 6.53. The zero-order valence-corrected chi connectivity index (χ0v) is 17.6.